The van der Waals surface area contributed by atoms with Gasteiger partial charge in [0.15, 0.2) is 0 Å². The Hall–Kier alpha value is -5.32. The van der Waals surface area contributed by atoms with Gasteiger partial charge in [-0.05, 0) is 34.9 Å². The minimum absolute atomic E-state index is 0.167. The van der Waals surface area contributed by atoms with Crippen LogP contribution in [-0.4, -0.2) is 14.5 Å². The van der Waals surface area contributed by atoms with Gasteiger partial charge in [0.2, 0.25) is 5.95 Å². The van der Waals surface area contributed by atoms with Gasteiger partial charge in [0.05, 0.1) is 22.2 Å². The van der Waals surface area contributed by atoms with Crippen LogP contribution in [0.4, 0.5) is 0 Å². The lowest BCUT2D eigenvalue weighted by Gasteiger charge is -2.22. The van der Waals surface area contributed by atoms with Crippen LogP contribution in [0.3, 0.4) is 0 Å². The predicted molar refractivity (Wildman–Crippen MR) is 190 cm³/mol. The molecule has 0 N–H and O–H groups in total. The second-order valence-electron chi connectivity index (χ2n) is 12.6. The van der Waals surface area contributed by atoms with Crippen molar-refractivity contribution in [1.82, 2.24) is 14.5 Å². The zero-order valence-corrected chi connectivity index (χ0v) is 25.7. The van der Waals surface area contributed by atoms with E-state index in [4.69, 9.17) is 9.97 Å². The van der Waals surface area contributed by atoms with Crippen molar-refractivity contribution >= 4 is 64.2 Å². The average Bonchev–Trinajstić information content (AvgIpc) is 3.70. The number of aromatic nitrogens is 3. The zero-order valence-electron chi connectivity index (χ0n) is 24.9. The van der Waals surface area contributed by atoms with E-state index in [1.54, 1.807) is 0 Å². The van der Waals surface area contributed by atoms with Gasteiger partial charge < -0.3 is 0 Å². The molecular weight excluding hydrogens is 567 g/mol. The first-order valence-corrected chi connectivity index (χ1v) is 16.3. The normalized spacial score (nSPS) is 13.7. The average molecular weight is 594 g/mol. The van der Waals surface area contributed by atoms with Crippen LogP contribution in [0.5, 0.6) is 0 Å². The molecule has 0 saturated heterocycles. The Morgan fingerprint density at radius 2 is 1.31 bits per heavy atom. The number of para-hydroxylation sites is 2. The van der Waals surface area contributed by atoms with E-state index in [-0.39, 0.29) is 5.41 Å². The third-order valence-electron chi connectivity index (χ3n) is 9.77. The second kappa shape index (κ2) is 8.87. The summed E-state index contributed by atoms with van der Waals surface area (Å²) in [7, 11) is 0. The number of fused-ring (bicyclic) bond motifs is 13. The van der Waals surface area contributed by atoms with E-state index in [0.29, 0.717) is 5.95 Å². The fourth-order valence-corrected chi connectivity index (χ4v) is 9.28. The Kier molecular flexibility index (Phi) is 4.94. The van der Waals surface area contributed by atoms with Crippen LogP contribution in [0, 0.1) is 0 Å². The van der Waals surface area contributed by atoms with Gasteiger partial charge in [0.25, 0.3) is 0 Å². The van der Waals surface area contributed by atoms with Crippen molar-refractivity contribution in [3.05, 3.63) is 139 Å². The summed E-state index contributed by atoms with van der Waals surface area (Å²) >= 11 is 1.93. The third kappa shape index (κ3) is 3.24. The molecule has 3 aromatic heterocycles. The van der Waals surface area contributed by atoms with Gasteiger partial charge in [-0.1, -0.05) is 123 Å². The number of hydrogen-bond acceptors (Lipinski definition) is 3. The maximum Gasteiger partial charge on any atom is 0.235 e. The first kappa shape index (κ1) is 25.1. The van der Waals surface area contributed by atoms with E-state index in [9.17, 15) is 0 Å². The first-order chi connectivity index (χ1) is 22.1. The van der Waals surface area contributed by atoms with Gasteiger partial charge >= 0.3 is 0 Å². The summed E-state index contributed by atoms with van der Waals surface area (Å²) in [6.07, 6.45) is 0. The number of thiophene rings is 1. The molecule has 0 spiro atoms. The van der Waals surface area contributed by atoms with Crippen LogP contribution in [0.25, 0.3) is 81.2 Å². The molecule has 1 aliphatic carbocycles. The quantitative estimate of drug-likeness (QED) is 0.200. The number of benzene rings is 6. The van der Waals surface area contributed by atoms with Crippen molar-refractivity contribution in [3.8, 4) is 28.3 Å². The molecule has 0 bridgehead atoms. The molecule has 0 aliphatic heterocycles. The molecular formula is C41H27N3S. The molecule has 0 unspecified atom stereocenters. The van der Waals surface area contributed by atoms with Crippen LogP contribution < -0.4 is 0 Å². The summed E-state index contributed by atoms with van der Waals surface area (Å²) in [5, 5.41) is 6.20. The third-order valence-corrected chi connectivity index (χ3v) is 11.0. The van der Waals surface area contributed by atoms with E-state index in [1.807, 2.05) is 11.3 Å². The van der Waals surface area contributed by atoms with E-state index in [1.165, 1.54) is 58.7 Å². The van der Waals surface area contributed by atoms with E-state index < -0.39 is 0 Å². The molecule has 212 valence electrons. The van der Waals surface area contributed by atoms with Crippen molar-refractivity contribution in [2.24, 2.45) is 0 Å². The highest BCUT2D eigenvalue weighted by Crippen LogP contribution is 2.58. The summed E-state index contributed by atoms with van der Waals surface area (Å²) in [5.74, 6) is 0.696. The van der Waals surface area contributed by atoms with E-state index in [0.717, 1.165) is 27.7 Å². The fraction of sp³-hybridized carbons (Fsp3) is 0.0732. The molecule has 4 heteroatoms. The Morgan fingerprint density at radius 3 is 2.18 bits per heavy atom. The van der Waals surface area contributed by atoms with Crippen LogP contribution >= 0.6 is 11.3 Å². The van der Waals surface area contributed by atoms with Crippen LogP contribution in [0.1, 0.15) is 25.0 Å². The molecule has 6 aromatic carbocycles. The number of hydrogen-bond donors (Lipinski definition) is 0. The largest absolute Gasteiger partial charge is 0.277 e. The van der Waals surface area contributed by atoms with Crippen LogP contribution in [0.15, 0.2) is 127 Å². The van der Waals surface area contributed by atoms with Crippen LogP contribution in [0.2, 0.25) is 0 Å². The van der Waals surface area contributed by atoms with Gasteiger partial charge in [-0.2, -0.15) is 0 Å². The van der Waals surface area contributed by atoms with Crippen molar-refractivity contribution < 1.29 is 0 Å². The summed E-state index contributed by atoms with van der Waals surface area (Å²) in [6, 6.07) is 45.5. The Labute approximate surface area is 264 Å². The van der Waals surface area contributed by atoms with E-state index in [2.05, 4.69) is 146 Å². The summed E-state index contributed by atoms with van der Waals surface area (Å²) in [6.45, 7) is 4.78. The molecule has 0 amide bonds. The van der Waals surface area contributed by atoms with Crippen molar-refractivity contribution in [2.75, 3.05) is 0 Å². The maximum absolute atomic E-state index is 5.42. The molecule has 1 aliphatic rings. The Balaban J connectivity index is 1.48. The Bertz CT molecular complexity index is 2680. The van der Waals surface area contributed by atoms with Crippen LogP contribution in [-0.2, 0) is 5.41 Å². The highest BCUT2D eigenvalue weighted by atomic mass is 32.1. The number of nitrogens with zero attached hydrogens (tertiary/aromatic N) is 3. The van der Waals surface area contributed by atoms with Gasteiger partial charge in [0, 0.05) is 52.9 Å². The molecule has 3 nitrogen and oxygen atoms in total. The first-order valence-electron chi connectivity index (χ1n) is 15.4. The smallest absolute Gasteiger partial charge is 0.235 e. The number of rotatable bonds is 2. The van der Waals surface area contributed by atoms with Gasteiger partial charge in [-0.3, -0.25) is 4.57 Å². The molecule has 10 rings (SSSR count). The SMILES string of the molecule is CC1(C)c2ccccc2-c2c1c1sc3ccccc3c1c1c3ccccc3n(-c3nc(-c4ccccc4)c4ccccc4n3)c21. The molecule has 45 heavy (non-hydrogen) atoms. The predicted octanol–water partition coefficient (Wildman–Crippen LogP) is 11.1. The monoisotopic (exact) mass is 593 g/mol. The summed E-state index contributed by atoms with van der Waals surface area (Å²) < 4.78 is 5.05. The lowest BCUT2D eigenvalue weighted by Crippen LogP contribution is -2.15. The van der Waals surface area contributed by atoms with Crippen molar-refractivity contribution in [3.63, 3.8) is 0 Å². The van der Waals surface area contributed by atoms with Gasteiger partial charge in [0.1, 0.15) is 0 Å². The zero-order chi connectivity index (χ0) is 29.9. The molecule has 9 aromatic rings. The highest BCUT2D eigenvalue weighted by Gasteiger charge is 2.41. The Morgan fingerprint density at radius 1 is 0.622 bits per heavy atom. The standard InChI is InChI=1S/C41H27N3S/c1-41(2)29-20-10-6-16-25(29)35-36(41)39-34(28-19-9-13-23-32(28)45-39)33-27-18-8-12-22-31(27)44(38(33)35)40-42-30-21-11-7-17-26(30)37(43-40)24-14-4-3-5-15-24/h3-23H,1-2H3. The molecule has 0 atom stereocenters. The lowest BCUT2D eigenvalue weighted by atomic mass is 9.81. The highest BCUT2D eigenvalue weighted by molar-refractivity contribution is 7.26. The molecule has 3 heterocycles. The van der Waals surface area contributed by atoms with Gasteiger partial charge in [-0.15, -0.1) is 11.3 Å². The van der Waals surface area contributed by atoms with Crippen molar-refractivity contribution in [2.45, 2.75) is 19.3 Å². The van der Waals surface area contributed by atoms with Gasteiger partial charge in [-0.25, -0.2) is 9.97 Å². The molecule has 0 radical (unpaired) electrons. The minimum atomic E-state index is -0.167. The fourth-order valence-electron chi connectivity index (χ4n) is 7.86. The maximum atomic E-state index is 5.42. The summed E-state index contributed by atoms with van der Waals surface area (Å²) in [5.41, 5.74) is 10.5. The van der Waals surface area contributed by atoms with Crippen molar-refractivity contribution in [1.29, 1.82) is 0 Å². The van der Waals surface area contributed by atoms with E-state index >= 15 is 0 Å². The topological polar surface area (TPSA) is 30.7 Å². The lowest BCUT2D eigenvalue weighted by molar-refractivity contribution is 0.667. The summed E-state index contributed by atoms with van der Waals surface area (Å²) in [4.78, 5) is 10.7. The molecule has 0 fully saturated rings. The minimum Gasteiger partial charge on any atom is -0.277 e. The molecule has 0 saturated carbocycles. The second-order valence-corrected chi connectivity index (χ2v) is 13.6.